The summed E-state index contributed by atoms with van der Waals surface area (Å²) in [4.78, 5) is 12.6. The van der Waals surface area contributed by atoms with Gasteiger partial charge in [-0.1, -0.05) is 0 Å². The molecule has 76 valence electrons. The molecule has 1 fully saturated rings. The van der Waals surface area contributed by atoms with Gasteiger partial charge in [0.25, 0.3) is 0 Å². The van der Waals surface area contributed by atoms with E-state index < -0.39 is 12.1 Å². The van der Waals surface area contributed by atoms with E-state index in [1.54, 1.807) is 0 Å². The first-order chi connectivity index (χ1) is 6.09. The van der Waals surface area contributed by atoms with Gasteiger partial charge in [-0.15, -0.1) is 0 Å². The van der Waals surface area contributed by atoms with E-state index >= 15 is 0 Å². The third kappa shape index (κ3) is 3.32. The van der Waals surface area contributed by atoms with Gasteiger partial charge in [-0.2, -0.15) is 0 Å². The van der Waals surface area contributed by atoms with Gasteiger partial charge in [0.2, 0.25) is 0 Å². The highest BCUT2D eigenvalue weighted by Gasteiger charge is 2.22. The zero-order valence-electron chi connectivity index (χ0n) is 7.94. The van der Waals surface area contributed by atoms with Crippen LogP contribution in [0.25, 0.3) is 0 Å². The maximum Gasteiger partial charge on any atom is 0.332 e. The minimum Gasteiger partial charge on any atom is -0.479 e. The number of aliphatic hydroxyl groups is 1. The van der Waals surface area contributed by atoms with Crippen LogP contribution in [0.3, 0.4) is 0 Å². The van der Waals surface area contributed by atoms with Crippen LogP contribution in [-0.4, -0.2) is 47.3 Å². The average molecular weight is 187 g/mol. The van der Waals surface area contributed by atoms with E-state index in [9.17, 15) is 4.79 Å². The maximum absolute atomic E-state index is 10.4. The van der Waals surface area contributed by atoms with Crippen LogP contribution in [0.4, 0.5) is 0 Å². The molecule has 1 unspecified atom stereocenters. The number of hydrogen-bond donors (Lipinski definition) is 2. The number of carboxylic acid groups (broad SMARTS) is 1. The lowest BCUT2D eigenvalue weighted by Crippen LogP contribution is -2.33. The zero-order chi connectivity index (χ0) is 9.84. The van der Waals surface area contributed by atoms with Crippen molar-refractivity contribution in [2.45, 2.75) is 25.4 Å². The van der Waals surface area contributed by atoms with E-state index in [0.717, 1.165) is 25.9 Å². The summed E-state index contributed by atoms with van der Waals surface area (Å²) in [6.45, 7) is 2.02. The lowest BCUT2D eigenvalue weighted by Gasteiger charge is -2.29. The molecule has 0 aromatic carbocycles. The highest BCUT2D eigenvalue weighted by molar-refractivity contribution is 5.71. The molecule has 0 amide bonds. The molecule has 4 heteroatoms. The molecule has 0 radical (unpaired) electrons. The minimum absolute atomic E-state index is 0.377. The van der Waals surface area contributed by atoms with Gasteiger partial charge < -0.3 is 15.1 Å². The van der Waals surface area contributed by atoms with Gasteiger partial charge in [-0.3, -0.25) is 0 Å². The van der Waals surface area contributed by atoms with E-state index in [4.69, 9.17) is 10.2 Å². The number of aliphatic carboxylic acids is 1. The van der Waals surface area contributed by atoms with Crippen LogP contribution in [0.2, 0.25) is 0 Å². The van der Waals surface area contributed by atoms with Crippen LogP contribution in [-0.2, 0) is 4.79 Å². The monoisotopic (exact) mass is 187 g/mol. The van der Waals surface area contributed by atoms with Crippen molar-refractivity contribution >= 4 is 5.97 Å². The molecule has 1 aliphatic rings. The molecule has 0 spiro atoms. The molecule has 0 saturated carbocycles. The van der Waals surface area contributed by atoms with Crippen LogP contribution in [0.15, 0.2) is 0 Å². The number of hydrogen-bond acceptors (Lipinski definition) is 3. The normalized spacial score (nSPS) is 22.9. The Morgan fingerprint density at radius 2 is 2.08 bits per heavy atom. The van der Waals surface area contributed by atoms with Crippen LogP contribution in [0.5, 0.6) is 0 Å². The summed E-state index contributed by atoms with van der Waals surface area (Å²) in [5.74, 6) is -0.721. The highest BCUT2D eigenvalue weighted by atomic mass is 16.4. The standard InChI is InChI=1S/C9H17NO3/c1-10-4-2-7(3-5-10)6-8(11)9(12)13/h7-8,11H,2-6H2,1H3,(H,12,13). The van der Waals surface area contributed by atoms with E-state index in [1.807, 2.05) is 0 Å². The Balaban J connectivity index is 2.26. The van der Waals surface area contributed by atoms with E-state index in [-0.39, 0.29) is 0 Å². The predicted molar refractivity (Wildman–Crippen MR) is 48.5 cm³/mol. The molecule has 1 rings (SSSR count). The van der Waals surface area contributed by atoms with Crippen LogP contribution < -0.4 is 0 Å². The second-order valence-corrected chi connectivity index (χ2v) is 3.84. The van der Waals surface area contributed by atoms with Crippen molar-refractivity contribution in [1.29, 1.82) is 0 Å². The molecular weight excluding hydrogens is 170 g/mol. The predicted octanol–water partition coefficient (Wildman–Crippen LogP) is 0.164. The molecule has 0 bridgehead atoms. The SMILES string of the molecule is CN1CCC(CC(O)C(=O)O)CC1. The lowest BCUT2D eigenvalue weighted by molar-refractivity contribution is -0.147. The second kappa shape index (κ2) is 4.58. The molecule has 13 heavy (non-hydrogen) atoms. The summed E-state index contributed by atoms with van der Waals surface area (Å²) in [5.41, 5.74) is 0. The quantitative estimate of drug-likeness (QED) is 0.661. The van der Waals surface area contributed by atoms with Gasteiger partial charge in [0.15, 0.2) is 6.10 Å². The van der Waals surface area contributed by atoms with Crippen LogP contribution in [0.1, 0.15) is 19.3 Å². The number of aliphatic hydroxyl groups excluding tert-OH is 1. The lowest BCUT2D eigenvalue weighted by atomic mass is 9.91. The summed E-state index contributed by atoms with van der Waals surface area (Å²) in [7, 11) is 2.06. The minimum atomic E-state index is -1.17. The Labute approximate surface area is 78.2 Å². The first-order valence-corrected chi connectivity index (χ1v) is 4.69. The Morgan fingerprint density at radius 1 is 1.54 bits per heavy atom. The number of carboxylic acids is 1. The number of piperidine rings is 1. The third-order valence-electron chi connectivity index (χ3n) is 2.68. The summed E-state index contributed by atoms with van der Waals surface area (Å²) in [5, 5.41) is 17.6. The Morgan fingerprint density at radius 3 is 2.54 bits per heavy atom. The molecule has 0 aromatic rings. The van der Waals surface area contributed by atoms with Crippen molar-refractivity contribution in [2.75, 3.05) is 20.1 Å². The van der Waals surface area contributed by atoms with Crippen LogP contribution in [0, 0.1) is 5.92 Å². The van der Waals surface area contributed by atoms with Crippen molar-refractivity contribution in [1.82, 2.24) is 4.90 Å². The molecular formula is C9H17NO3. The first kappa shape index (κ1) is 10.5. The molecule has 1 atom stereocenters. The van der Waals surface area contributed by atoms with Gasteiger partial charge in [-0.05, 0) is 45.3 Å². The van der Waals surface area contributed by atoms with Crippen molar-refractivity contribution < 1.29 is 15.0 Å². The average Bonchev–Trinajstić information content (AvgIpc) is 2.08. The number of likely N-dealkylation sites (tertiary alicyclic amines) is 1. The topological polar surface area (TPSA) is 60.8 Å². The summed E-state index contributed by atoms with van der Waals surface area (Å²) in [6.07, 6.45) is 1.23. The fourth-order valence-electron chi connectivity index (χ4n) is 1.71. The van der Waals surface area contributed by atoms with Crippen molar-refractivity contribution in [3.63, 3.8) is 0 Å². The Bertz CT molecular complexity index is 176. The van der Waals surface area contributed by atoms with Crippen molar-refractivity contribution in [2.24, 2.45) is 5.92 Å². The van der Waals surface area contributed by atoms with Gasteiger partial charge >= 0.3 is 5.97 Å². The molecule has 2 N–H and O–H groups in total. The summed E-state index contributed by atoms with van der Waals surface area (Å²) in [6, 6.07) is 0. The van der Waals surface area contributed by atoms with E-state index in [2.05, 4.69) is 11.9 Å². The van der Waals surface area contributed by atoms with Crippen molar-refractivity contribution in [3.8, 4) is 0 Å². The molecule has 1 heterocycles. The second-order valence-electron chi connectivity index (χ2n) is 3.84. The number of nitrogens with zero attached hydrogens (tertiary/aromatic N) is 1. The van der Waals surface area contributed by atoms with Gasteiger partial charge in [-0.25, -0.2) is 4.79 Å². The molecule has 0 aliphatic carbocycles. The highest BCUT2D eigenvalue weighted by Crippen LogP contribution is 2.20. The van der Waals surface area contributed by atoms with Gasteiger partial charge in [0, 0.05) is 0 Å². The Kier molecular flexibility index (Phi) is 3.69. The third-order valence-corrected chi connectivity index (χ3v) is 2.68. The van der Waals surface area contributed by atoms with E-state index in [0.29, 0.717) is 12.3 Å². The first-order valence-electron chi connectivity index (χ1n) is 4.69. The fraction of sp³-hybridized carbons (Fsp3) is 0.889. The fourth-order valence-corrected chi connectivity index (χ4v) is 1.71. The van der Waals surface area contributed by atoms with Gasteiger partial charge in [0.05, 0.1) is 0 Å². The van der Waals surface area contributed by atoms with Gasteiger partial charge in [0.1, 0.15) is 0 Å². The zero-order valence-corrected chi connectivity index (χ0v) is 7.94. The summed E-state index contributed by atoms with van der Waals surface area (Å²) < 4.78 is 0. The number of carbonyl (C=O) groups is 1. The number of rotatable bonds is 3. The largest absolute Gasteiger partial charge is 0.479 e. The summed E-state index contributed by atoms with van der Waals surface area (Å²) >= 11 is 0. The van der Waals surface area contributed by atoms with E-state index in [1.165, 1.54) is 0 Å². The Hall–Kier alpha value is -0.610. The molecule has 4 nitrogen and oxygen atoms in total. The maximum atomic E-state index is 10.4. The smallest absolute Gasteiger partial charge is 0.332 e. The van der Waals surface area contributed by atoms with Crippen LogP contribution >= 0.6 is 0 Å². The molecule has 0 aromatic heterocycles. The molecule has 1 aliphatic heterocycles. The molecule has 1 saturated heterocycles. The van der Waals surface area contributed by atoms with Crippen molar-refractivity contribution in [3.05, 3.63) is 0 Å².